The molecule has 3 rings (SSSR count). The van der Waals surface area contributed by atoms with Crippen molar-refractivity contribution < 1.29 is 4.79 Å². The summed E-state index contributed by atoms with van der Waals surface area (Å²) in [6, 6.07) is 12.1. The van der Waals surface area contributed by atoms with Crippen LogP contribution in [-0.2, 0) is 29.7 Å². The second kappa shape index (κ2) is 8.23. The Bertz CT molecular complexity index is 992. The molecule has 0 atom stereocenters. The first-order chi connectivity index (χ1) is 13.7. The monoisotopic (exact) mass is 393 g/mol. The highest BCUT2D eigenvalue weighted by Crippen LogP contribution is 2.25. The Kier molecular flexibility index (Phi) is 5.91. The lowest BCUT2D eigenvalue weighted by Gasteiger charge is -2.14. The van der Waals surface area contributed by atoms with Gasteiger partial charge in [0.05, 0.1) is 24.4 Å². The number of nitrogens with one attached hydrogen (secondary N) is 1. The third-order valence-corrected chi connectivity index (χ3v) is 5.16. The van der Waals surface area contributed by atoms with Gasteiger partial charge in [-0.3, -0.25) is 9.48 Å². The molecule has 29 heavy (non-hydrogen) atoms. The molecule has 1 amide bonds. The number of rotatable bonds is 6. The molecule has 0 spiro atoms. The molecular formula is C23H31N5O. The number of carbonyl (C=O) groups excluding carboxylic acids is 1. The van der Waals surface area contributed by atoms with Crippen LogP contribution in [0.15, 0.2) is 36.4 Å². The van der Waals surface area contributed by atoms with Crippen LogP contribution in [-0.4, -0.2) is 25.5 Å². The zero-order valence-electron chi connectivity index (χ0n) is 18.3. The Balaban J connectivity index is 1.84. The van der Waals surface area contributed by atoms with Crippen LogP contribution in [0.5, 0.6) is 0 Å². The minimum Gasteiger partial charge on any atom is -0.311 e. The molecule has 6 nitrogen and oxygen atoms in total. The molecule has 0 aliphatic rings. The van der Waals surface area contributed by atoms with Gasteiger partial charge < -0.3 is 5.32 Å². The van der Waals surface area contributed by atoms with Crippen molar-refractivity contribution in [2.45, 2.75) is 66.5 Å². The Morgan fingerprint density at radius 1 is 1.07 bits per heavy atom. The zero-order valence-corrected chi connectivity index (χ0v) is 18.3. The van der Waals surface area contributed by atoms with Gasteiger partial charge in [0.15, 0.2) is 0 Å². The maximum absolute atomic E-state index is 12.9. The van der Waals surface area contributed by atoms with E-state index in [-0.39, 0.29) is 11.3 Å². The summed E-state index contributed by atoms with van der Waals surface area (Å²) in [4.78, 5) is 12.9. The average molecular weight is 394 g/mol. The summed E-state index contributed by atoms with van der Waals surface area (Å²) in [7, 11) is 0. The van der Waals surface area contributed by atoms with Gasteiger partial charge in [0.2, 0.25) is 5.91 Å². The maximum Gasteiger partial charge on any atom is 0.230 e. The number of hydrogen-bond donors (Lipinski definition) is 1. The average Bonchev–Trinajstić information content (AvgIpc) is 3.18. The number of carbonyl (C=O) groups is 1. The molecule has 0 fully saturated rings. The van der Waals surface area contributed by atoms with Gasteiger partial charge in [-0.25, -0.2) is 4.68 Å². The van der Waals surface area contributed by atoms with Crippen LogP contribution in [0.3, 0.4) is 0 Å². The standard InChI is InChI=1S/C23H31N5O/c1-7-27-17(3)19(16(2)25-27)13-22(29)24-21-14-20(23(4,5)6)26-28(21)15-18-11-9-8-10-12-18/h8-12,14H,7,13,15H2,1-6H3,(H,24,29). The van der Waals surface area contributed by atoms with Crippen molar-refractivity contribution in [2.75, 3.05) is 5.32 Å². The van der Waals surface area contributed by atoms with E-state index in [1.165, 1.54) is 0 Å². The molecule has 2 heterocycles. The fourth-order valence-corrected chi connectivity index (χ4v) is 3.41. The lowest BCUT2D eigenvalue weighted by atomic mass is 9.92. The van der Waals surface area contributed by atoms with E-state index in [4.69, 9.17) is 5.10 Å². The second-order valence-electron chi connectivity index (χ2n) is 8.50. The maximum atomic E-state index is 12.9. The second-order valence-corrected chi connectivity index (χ2v) is 8.50. The van der Waals surface area contributed by atoms with Crippen molar-refractivity contribution in [1.82, 2.24) is 19.6 Å². The van der Waals surface area contributed by atoms with E-state index in [9.17, 15) is 4.79 Å². The highest BCUT2D eigenvalue weighted by molar-refractivity contribution is 5.91. The van der Waals surface area contributed by atoms with Gasteiger partial charge in [0.25, 0.3) is 0 Å². The van der Waals surface area contributed by atoms with Crippen molar-refractivity contribution in [3.63, 3.8) is 0 Å². The predicted octanol–water partition coefficient (Wildman–Crippen LogP) is 4.24. The zero-order chi connectivity index (χ0) is 21.2. The van der Waals surface area contributed by atoms with E-state index < -0.39 is 0 Å². The Labute approximate surface area is 172 Å². The van der Waals surface area contributed by atoms with Crippen LogP contribution in [0, 0.1) is 13.8 Å². The van der Waals surface area contributed by atoms with Gasteiger partial charge in [-0.2, -0.15) is 10.2 Å². The number of anilines is 1. The third kappa shape index (κ3) is 4.75. The summed E-state index contributed by atoms with van der Waals surface area (Å²) >= 11 is 0. The fraction of sp³-hybridized carbons (Fsp3) is 0.435. The van der Waals surface area contributed by atoms with E-state index in [2.05, 4.69) is 50.2 Å². The molecule has 3 aromatic rings. The number of benzene rings is 1. The SMILES string of the molecule is CCn1nc(C)c(CC(=O)Nc2cc(C(C)(C)C)nn2Cc2ccccc2)c1C. The Hall–Kier alpha value is -2.89. The highest BCUT2D eigenvalue weighted by Gasteiger charge is 2.22. The largest absolute Gasteiger partial charge is 0.311 e. The van der Waals surface area contributed by atoms with E-state index in [0.717, 1.165) is 40.6 Å². The number of aryl methyl sites for hydroxylation is 2. The van der Waals surface area contributed by atoms with Crippen molar-refractivity contribution in [3.05, 3.63) is 64.6 Å². The summed E-state index contributed by atoms with van der Waals surface area (Å²) in [5, 5.41) is 12.4. The van der Waals surface area contributed by atoms with Crippen molar-refractivity contribution in [2.24, 2.45) is 0 Å². The molecule has 6 heteroatoms. The smallest absolute Gasteiger partial charge is 0.230 e. The van der Waals surface area contributed by atoms with Crippen molar-refractivity contribution in [3.8, 4) is 0 Å². The van der Waals surface area contributed by atoms with E-state index in [1.54, 1.807) is 0 Å². The summed E-state index contributed by atoms with van der Waals surface area (Å²) in [5.41, 5.74) is 4.95. The van der Waals surface area contributed by atoms with Crippen LogP contribution >= 0.6 is 0 Å². The van der Waals surface area contributed by atoms with Gasteiger partial charge in [-0.15, -0.1) is 0 Å². The molecule has 154 valence electrons. The molecule has 0 aliphatic heterocycles. The van der Waals surface area contributed by atoms with Crippen molar-refractivity contribution in [1.29, 1.82) is 0 Å². The number of nitrogens with zero attached hydrogens (tertiary/aromatic N) is 4. The van der Waals surface area contributed by atoms with E-state index in [1.807, 2.05) is 47.5 Å². The third-order valence-electron chi connectivity index (χ3n) is 5.16. The van der Waals surface area contributed by atoms with Crippen LogP contribution in [0.4, 0.5) is 5.82 Å². The van der Waals surface area contributed by atoms with Gasteiger partial charge in [-0.1, -0.05) is 51.1 Å². The molecule has 0 unspecified atom stereocenters. The molecule has 0 radical (unpaired) electrons. The van der Waals surface area contributed by atoms with Crippen LogP contribution in [0.2, 0.25) is 0 Å². The summed E-state index contributed by atoms with van der Waals surface area (Å²) in [5.74, 6) is 0.670. The van der Waals surface area contributed by atoms with Crippen LogP contribution in [0.25, 0.3) is 0 Å². The van der Waals surface area contributed by atoms with Crippen LogP contribution in [0.1, 0.15) is 55.9 Å². The van der Waals surface area contributed by atoms with Crippen LogP contribution < -0.4 is 5.32 Å². The molecule has 0 bridgehead atoms. The van der Waals surface area contributed by atoms with Crippen molar-refractivity contribution >= 4 is 11.7 Å². The van der Waals surface area contributed by atoms with Gasteiger partial charge >= 0.3 is 0 Å². The van der Waals surface area contributed by atoms with Gasteiger partial charge in [-0.05, 0) is 26.3 Å². The molecule has 1 N–H and O–H groups in total. The number of hydrogen-bond acceptors (Lipinski definition) is 3. The first-order valence-electron chi connectivity index (χ1n) is 10.1. The quantitative estimate of drug-likeness (QED) is 0.681. The normalized spacial score (nSPS) is 11.7. The Morgan fingerprint density at radius 3 is 2.34 bits per heavy atom. The summed E-state index contributed by atoms with van der Waals surface area (Å²) < 4.78 is 3.82. The fourth-order valence-electron chi connectivity index (χ4n) is 3.41. The molecule has 1 aromatic carbocycles. The number of aromatic nitrogens is 4. The van der Waals surface area contributed by atoms with Gasteiger partial charge in [0.1, 0.15) is 5.82 Å². The molecule has 0 saturated carbocycles. The Morgan fingerprint density at radius 2 is 1.76 bits per heavy atom. The topological polar surface area (TPSA) is 64.7 Å². The summed E-state index contributed by atoms with van der Waals surface area (Å²) in [6.45, 7) is 13.8. The first kappa shape index (κ1) is 20.8. The minimum absolute atomic E-state index is 0.0541. The molecule has 2 aromatic heterocycles. The molecular weight excluding hydrogens is 362 g/mol. The molecule has 0 saturated heterocycles. The lowest BCUT2D eigenvalue weighted by Crippen LogP contribution is -2.18. The molecule has 0 aliphatic carbocycles. The number of amides is 1. The van der Waals surface area contributed by atoms with E-state index >= 15 is 0 Å². The van der Waals surface area contributed by atoms with Gasteiger partial charge in [0, 0.05) is 29.3 Å². The first-order valence-corrected chi connectivity index (χ1v) is 10.1. The predicted molar refractivity (Wildman–Crippen MR) is 116 cm³/mol. The lowest BCUT2D eigenvalue weighted by molar-refractivity contribution is -0.115. The van der Waals surface area contributed by atoms with E-state index in [0.29, 0.717) is 13.0 Å². The minimum atomic E-state index is -0.100. The summed E-state index contributed by atoms with van der Waals surface area (Å²) in [6.07, 6.45) is 0.305. The highest BCUT2D eigenvalue weighted by atomic mass is 16.1.